The molecule has 0 bridgehead atoms. The van der Waals surface area contributed by atoms with E-state index >= 15 is 0 Å². The van der Waals surface area contributed by atoms with Crippen LogP contribution in [-0.4, -0.2) is 11.1 Å². The molecule has 3 aliphatic carbocycles. The van der Waals surface area contributed by atoms with Gasteiger partial charge >= 0.3 is 0 Å². The Balaban J connectivity index is 2.19. The van der Waals surface area contributed by atoms with Gasteiger partial charge in [-0.2, -0.15) is 0 Å². The molecule has 0 aromatic carbocycles. The number of nitrogens with two attached hydrogens (primary N) is 2. The largest absolute Gasteiger partial charge is 0.319 e. The van der Waals surface area contributed by atoms with Gasteiger partial charge in [0.1, 0.15) is 0 Å². The molecular formula is C19H24N2. The molecule has 4 N–H and O–H groups in total. The van der Waals surface area contributed by atoms with Crippen LogP contribution in [0.2, 0.25) is 0 Å². The van der Waals surface area contributed by atoms with E-state index in [1.54, 1.807) is 0 Å². The van der Waals surface area contributed by atoms with Gasteiger partial charge in [-0.3, -0.25) is 0 Å². The fraction of sp³-hybridized carbons (Fsp3) is 0.368. The lowest BCUT2D eigenvalue weighted by Crippen LogP contribution is -2.30. The second-order valence-electron chi connectivity index (χ2n) is 7.35. The number of allylic oxidation sites excluding steroid dienone is 8. The molecule has 2 heteroatoms. The highest BCUT2D eigenvalue weighted by atomic mass is 14.7. The first-order chi connectivity index (χ1) is 9.62. The monoisotopic (exact) mass is 280 g/mol. The van der Waals surface area contributed by atoms with Crippen LogP contribution in [0, 0.1) is 5.41 Å². The van der Waals surface area contributed by atoms with Crippen LogP contribution in [0.4, 0.5) is 0 Å². The maximum Gasteiger partial charge on any atom is 0.0502 e. The van der Waals surface area contributed by atoms with Crippen LogP contribution in [0.1, 0.15) is 27.7 Å². The molecular weight excluding hydrogens is 256 g/mol. The van der Waals surface area contributed by atoms with Crippen LogP contribution in [-0.2, 0) is 0 Å². The van der Waals surface area contributed by atoms with Gasteiger partial charge in [0, 0.05) is 5.41 Å². The maximum absolute atomic E-state index is 6.24. The summed E-state index contributed by atoms with van der Waals surface area (Å²) < 4.78 is 0. The average molecular weight is 280 g/mol. The fourth-order valence-electron chi connectivity index (χ4n) is 3.23. The highest BCUT2D eigenvalue weighted by Gasteiger charge is 2.38. The third kappa shape index (κ3) is 2.29. The molecule has 0 aromatic heterocycles. The van der Waals surface area contributed by atoms with Crippen molar-refractivity contribution < 1.29 is 0 Å². The van der Waals surface area contributed by atoms with Gasteiger partial charge < -0.3 is 11.5 Å². The number of hydrogen-bond donors (Lipinski definition) is 2. The minimum Gasteiger partial charge on any atom is -0.319 e. The van der Waals surface area contributed by atoms with Gasteiger partial charge in [0.2, 0.25) is 0 Å². The first-order valence-electron chi connectivity index (χ1n) is 7.47. The Morgan fingerprint density at radius 1 is 0.619 bits per heavy atom. The predicted octanol–water partition coefficient (Wildman–Crippen LogP) is 3.31. The third-order valence-corrected chi connectivity index (χ3v) is 4.65. The summed E-state index contributed by atoms with van der Waals surface area (Å²) in [5.41, 5.74) is 16.8. The van der Waals surface area contributed by atoms with Crippen molar-refractivity contribution in [2.24, 2.45) is 16.9 Å². The summed E-state index contributed by atoms with van der Waals surface area (Å²) in [6.07, 6.45) is 17.0. The molecule has 21 heavy (non-hydrogen) atoms. The molecule has 3 rings (SSSR count). The van der Waals surface area contributed by atoms with E-state index in [1.165, 1.54) is 22.3 Å². The number of hydrogen-bond acceptors (Lipinski definition) is 2. The second kappa shape index (κ2) is 4.19. The van der Waals surface area contributed by atoms with E-state index in [4.69, 9.17) is 11.5 Å². The van der Waals surface area contributed by atoms with Crippen molar-refractivity contribution in [1.82, 2.24) is 0 Å². The predicted molar refractivity (Wildman–Crippen MR) is 89.6 cm³/mol. The lowest BCUT2D eigenvalue weighted by Gasteiger charge is -2.25. The standard InChI is InChI=1S/C19H24N2/c1-17(2)15-7-11-18(3,20)9-5-13(15)14-6-10-19(4,21)12-8-16(14)17/h5-12H,20-21H2,1-4H3. The smallest absolute Gasteiger partial charge is 0.0502 e. The van der Waals surface area contributed by atoms with Crippen LogP contribution < -0.4 is 11.5 Å². The summed E-state index contributed by atoms with van der Waals surface area (Å²) in [5, 5.41) is 0. The van der Waals surface area contributed by atoms with Gasteiger partial charge in [0.25, 0.3) is 0 Å². The van der Waals surface area contributed by atoms with Crippen LogP contribution in [0.5, 0.6) is 0 Å². The molecule has 0 amide bonds. The van der Waals surface area contributed by atoms with Crippen molar-refractivity contribution in [2.45, 2.75) is 38.8 Å². The average Bonchev–Trinajstić information content (AvgIpc) is 2.51. The molecule has 0 saturated heterocycles. The molecule has 0 saturated carbocycles. The Kier molecular flexibility index (Phi) is 2.85. The molecule has 0 heterocycles. The highest BCUT2D eigenvalue weighted by Crippen LogP contribution is 2.50. The SMILES string of the molecule is CC1(N)C=CC2=C(C=C1)C(C)(C)C1=C2C=CC(C)(N)C=C1. The Morgan fingerprint density at radius 3 is 1.33 bits per heavy atom. The molecule has 0 aromatic rings. The quantitative estimate of drug-likeness (QED) is 0.715. The third-order valence-electron chi connectivity index (χ3n) is 4.65. The summed E-state index contributed by atoms with van der Waals surface area (Å²) in [4.78, 5) is 0. The van der Waals surface area contributed by atoms with Crippen LogP contribution in [0.15, 0.2) is 70.9 Å². The molecule has 2 atom stereocenters. The maximum atomic E-state index is 6.24. The summed E-state index contributed by atoms with van der Waals surface area (Å²) in [6.45, 7) is 8.56. The molecule has 110 valence electrons. The molecule has 3 aliphatic rings. The van der Waals surface area contributed by atoms with Gasteiger partial charge in [0.15, 0.2) is 0 Å². The summed E-state index contributed by atoms with van der Waals surface area (Å²) in [6, 6.07) is 0. The van der Waals surface area contributed by atoms with E-state index in [0.29, 0.717) is 0 Å². The minimum atomic E-state index is -0.395. The fourth-order valence-corrected chi connectivity index (χ4v) is 3.23. The summed E-state index contributed by atoms with van der Waals surface area (Å²) in [7, 11) is 0. The van der Waals surface area contributed by atoms with E-state index < -0.39 is 11.1 Å². The summed E-state index contributed by atoms with van der Waals surface area (Å²) in [5.74, 6) is 0. The normalized spacial score (nSPS) is 36.7. The van der Waals surface area contributed by atoms with Gasteiger partial charge in [0.05, 0.1) is 11.1 Å². The van der Waals surface area contributed by atoms with Gasteiger partial charge in [-0.25, -0.2) is 0 Å². The van der Waals surface area contributed by atoms with E-state index in [-0.39, 0.29) is 5.41 Å². The molecule has 0 aliphatic heterocycles. The van der Waals surface area contributed by atoms with Crippen molar-refractivity contribution in [2.75, 3.05) is 0 Å². The Hall–Kier alpha value is -1.64. The van der Waals surface area contributed by atoms with E-state index in [0.717, 1.165) is 0 Å². The minimum absolute atomic E-state index is 0.0345. The van der Waals surface area contributed by atoms with Crippen LogP contribution >= 0.6 is 0 Å². The van der Waals surface area contributed by atoms with Crippen molar-refractivity contribution in [3.05, 3.63) is 70.9 Å². The van der Waals surface area contributed by atoms with Crippen molar-refractivity contribution >= 4 is 0 Å². The first-order valence-corrected chi connectivity index (χ1v) is 7.47. The molecule has 0 radical (unpaired) electrons. The Bertz CT molecular complexity index is 616. The van der Waals surface area contributed by atoms with Crippen molar-refractivity contribution in [3.8, 4) is 0 Å². The Labute approximate surface area is 127 Å². The van der Waals surface area contributed by atoms with Gasteiger partial charge in [-0.15, -0.1) is 0 Å². The molecule has 2 unspecified atom stereocenters. The second-order valence-corrected chi connectivity index (χ2v) is 7.35. The van der Waals surface area contributed by atoms with E-state index in [2.05, 4.69) is 62.5 Å². The molecule has 0 fully saturated rings. The van der Waals surface area contributed by atoms with Gasteiger partial charge in [-0.1, -0.05) is 62.5 Å². The lowest BCUT2D eigenvalue weighted by atomic mass is 9.79. The number of fused-ring (bicyclic) bond motifs is 1. The van der Waals surface area contributed by atoms with Crippen LogP contribution in [0.3, 0.4) is 0 Å². The van der Waals surface area contributed by atoms with Crippen molar-refractivity contribution in [1.29, 1.82) is 0 Å². The molecule has 0 spiro atoms. The summed E-state index contributed by atoms with van der Waals surface area (Å²) >= 11 is 0. The van der Waals surface area contributed by atoms with E-state index in [1.807, 2.05) is 13.8 Å². The van der Waals surface area contributed by atoms with Crippen LogP contribution in [0.25, 0.3) is 0 Å². The first kappa shape index (κ1) is 14.3. The van der Waals surface area contributed by atoms with Crippen molar-refractivity contribution in [3.63, 3.8) is 0 Å². The topological polar surface area (TPSA) is 52.0 Å². The molecule has 2 nitrogen and oxygen atoms in total. The lowest BCUT2D eigenvalue weighted by molar-refractivity contribution is 0.574. The van der Waals surface area contributed by atoms with E-state index in [9.17, 15) is 0 Å². The van der Waals surface area contributed by atoms with Gasteiger partial charge in [-0.05, 0) is 36.1 Å². The zero-order chi connectivity index (χ0) is 15.5. The zero-order valence-corrected chi connectivity index (χ0v) is 13.3. The zero-order valence-electron chi connectivity index (χ0n) is 13.3. The highest BCUT2D eigenvalue weighted by molar-refractivity contribution is 5.69. The Morgan fingerprint density at radius 2 is 0.952 bits per heavy atom. The number of rotatable bonds is 0.